The van der Waals surface area contributed by atoms with E-state index in [1.165, 1.54) is 6.20 Å². The molecule has 0 atom stereocenters. The van der Waals surface area contributed by atoms with Crippen LogP contribution in [0, 0.1) is 0 Å². The summed E-state index contributed by atoms with van der Waals surface area (Å²) >= 11 is 6.01. The molecule has 0 aliphatic carbocycles. The molecule has 110 valence electrons. The third-order valence-corrected chi connectivity index (χ3v) is 3.08. The fourth-order valence-electron chi connectivity index (χ4n) is 1.88. The zero-order valence-electron chi connectivity index (χ0n) is 11.9. The summed E-state index contributed by atoms with van der Waals surface area (Å²) in [6.07, 6.45) is 1.54. The Hall–Kier alpha value is -2.07. The summed E-state index contributed by atoms with van der Waals surface area (Å²) in [7, 11) is 0. The first-order valence-corrected chi connectivity index (χ1v) is 7.10. The van der Waals surface area contributed by atoms with Gasteiger partial charge in [0.25, 0.3) is 0 Å². The lowest BCUT2D eigenvalue weighted by Crippen LogP contribution is -2.06. The van der Waals surface area contributed by atoms with Crippen LogP contribution in [-0.4, -0.2) is 24.0 Å². The molecular weight excluding hydrogens is 290 g/mol. The quantitative estimate of drug-likeness (QED) is 0.762. The van der Waals surface area contributed by atoms with Crippen LogP contribution in [0.5, 0.6) is 11.5 Å². The van der Waals surface area contributed by atoms with Gasteiger partial charge in [-0.3, -0.25) is 9.78 Å². The molecule has 0 radical (unpaired) electrons. The molecule has 0 saturated carbocycles. The predicted octanol–water partition coefficient (Wildman–Crippen LogP) is 3.76. The van der Waals surface area contributed by atoms with Gasteiger partial charge in [-0.15, -0.1) is 0 Å². The standard InChI is InChI=1S/C16H16ClNO3/c1-3-20-13-8-7-11(10-14(13)21-4-2)16(19)15-12(17)6-5-9-18-15/h5-10H,3-4H2,1-2H3. The maximum Gasteiger partial charge on any atom is 0.213 e. The van der Waals surface area contributed by atoms with Crippen molar-refractivity contribution in [3.8, 4) is 11.5 Å². The molecule has 0 fully saturated rings. The molecule has 0 saturated heterocycles. The molecule has 2 aromatic rings. The number of rotatable bonds is 6. The second-order valence-corrected chi connectivity index (χ2v) is 4.60. The minimum Gasteiger partial charge on any atom is -0.490 e. The Balaban J connectivity index is 2.38. The fourth-order valence-corrected chi connectivity index (χ4v) is 2.09. The van der Waals surface area contributed by atoms with E-state index >= 15 is 0 Å². The first-order chi connectivity index (χ1) is 10.2. The van der Waals surface area contributed by atoms with Crippen molar-refractivity contribution in [2.24, 2.45) is 0 Å². The van der Waals surface area contributed by atoms with E-state index in [-0.39, 0.29) is 11.5 Å². The highest BCUT2D eigenvalue weighted by Gasteiger charge is 2.16. The molecule has 0 aliphatic heterocycles. The van der Waals surface area contributed by atoms with E-state index in [0.29, 0.717) is 35.3 Å². The van der Waals surface area contributed by atoms with Gasteiger partial charge in [0.15, 0.2) is 11.5 Å². The zero-order valence-corrected chi connectivity index (χ0v) is 12.7. The highest BCUT2D eigenvalue weighted by Crippen LogP contribution is 2.30. The van der Waals surface area contributed by atoms with E-state index in [1.807, 2.05) is 13.8 Å². The number of hydrogen-bond acceptors (Lipinski definition) is 4. The van der Waals surface area contributed by atoms with Gasteiger partial charge in [-0.2, -0.15) is 0 Å². The van der Waals surface area contributed by atoms with Crippen LogP contribution < -0.4 is 9.47 Å². The van der Waals surface area contributed by atoms with Gasteiger partial charge in [0.05, 0.1) is 18.2 Å². The molecule has 0 N–H and O–H groups in total. The third kappa shape index (κ3) is 3.52. The number of carbonyl (C=O) groups excluding carboxylic acids is 1. The van der Waals surface area contributed by atoms with E-state index in [9.17, 15) is 4.79 Å². The van der Waals surface area contributed by atoms with Crippen molar-refractivity contribution in [2.45, 2.75) is 13.8 Å². The lowest BCUT2D eigenvalue weighted by atomic mass is 10.1. The van der Waals surface area contributed by atoms with E-state index in [2.05, 4.69) is 4.98 Å². The lowest BCUT2D eigenvalue weighted by Gasteiger charge is -2.12. The van der Waals surface area contributed by atoms with Crippen LogP contribution in [0.15, 0.2) is 36.5 Å². The Morgan fingerprint density at radius 3 is 2.52 bits per heavy atom. The maximum atomic E-state index is 12.4. The number of hydrogen-bond donors (Lipinski definition) is 0. The van der Waals surface area contributed by atoms with Gasteiger partial charge in [0, 0.05) is 11.8 Å². The Morgan fingerprint density at radius 1 is 1.14 bits per heavy atom. The van der Waals surface area contributed by atoms with Crippen molar-refractivity contribution in [1.82, 2.24) is 4.98 Å². The number of carbonyl (C=O) groups is 1. The molecule has 21 heavy (non-hydrogen) atoms. The first kappa shape index (κ1) is 15.3. The van der Waals surface area contributed by atoms with E-state index in [1.54, 1.807) is 30.3 Å². The summed E-state index contributed by atoms with van der Waals surface area (Å²) in [5.74, 6) is 0.907. The van der Waals surface area contributed by atoms with Gasteiger partial charge in [-0.05, 0) is 44.2 Å². The average Bonchev–Trinajstić information content (AvgIpc) is 2.49. The summed E-state index contributed by atoms with van der Waals surface area (Å²) < 4.78 is 11.0. The molecule has 4 nitrogen and oxygen atoms in total. The van der Waals surface area contributed by atoms with Crippen LogP contribution in [0.4, 0.5) is 0 Å². The third-order valence-electron chi connectivity index (χ3n) is 2.78. The largest absolute Gasteiger partial charge is 0.490 e. The van der Waals surface area contributed by atoms with E-state index < -0.39 is 0 Å². The summed E-state index contributed by atoms with van der Waals surface area (Å²) in [6.45, 7) is 4.78. The normalized spacial score (nSPS) is 10.2. The smallest absolute Gasteiger partial charge is 0.213 e. The number of benzene rings is 1. The molecule has 0 bridgehead atoms. The zero-order chi connectivity index (χ0) is 15.2. The number of ether oxygens (including phenoxy) is 2. The van der Waals surface area contributed by atoms with Crippen LogP contribution >= 0.6 is 11.6 Å². The first-order valence-electron chi connectivity index (χ1n) is 6.72. The molecule has 2 rings (SSSR count). The van der Waals surface area contributed by atoms with Crippen molar-refractivity contribution < 1.29 is 14.3 Å². The Labute approximate surface area is 128 Å². The summed E-state index contributed by atoms with van der Waals surface area (Å²) in [6, 6.07) is 8.38. The SMILES string of the molecule is CCOc1ccc(C(=O)c2ncccc2Cl)cc1OCC. The van der Waals surface area contributed by atoms with E-state index in [4.69, 9.17) is 21.1 Å². The van der Waals surface area contributed by atoms with Crippen molar-refractivity contribution in [3.63, 3.8) is 0 Å². The van der Waals surface area contributed by atoms with Crippen molar-refractivity contribution in [3.05, 3.63) is 52.8 Å². The number of aromatic nitrogens is 1. The molecular formula is C16H16ClNO3. The topological polar surface area (TPSA) is 48.4 Å². The van der Waals surface area contributed by atoms with Gasteiger partial charge in [-0.25, -0.2) is 0 Å². The number of ketones is 1. The van der Waals surface area contributed by atoms with Gasteiger partial charge in [0.1, 0.15) is 5.69 Å². The van der Waals surface area contributed by atoms with Crippen LogP contribution in [0.3, 0.4) is 0 Å². The van der Waals surface area contributed by atoms with Gasteiger partial charge < -0.3 is 9.47 Å². The molecule has 1 aromatic carbocycles. The molecule has 1 heterocycles. The van der Waals surface area contributed by atoms with Gasteiger partial charge in [0.2, 0.25) is 5.78 Å². The average molecular weight is 306 g/mol. The summed E-state index contributed by atoms with van der Waals surface area (Å²) in [4.78, 5) is 16.5. The summed E-state index contributed by atoms with van der Waals surface area (Å²) in [5, 5.41) is 0.328. The molecule has 0 unspecified atom stereocenters. The van der Waals surface area contributed by atoms with Gasteiger partial charge in [-0.1, -0.05) is 11.6 Å². The maximum absolute atomic E-state index is 12.4. The molecule has 5 heteroatoms. The van der Waals surface area contributed by atoms with Crippen LogP contribution in [-0.2, 0) is 0 Å². The number of halogens is 1. The van der Waals surface area contributed by atoms with Crippen molar-refractivity contribution in [2.75, 3.05) is 13.2 Å². The second-order valence-electron chi connectivity index (χ2n) is 4.19. The Morgan fingerprint density at radius 2 is 1.86 bits per heavy atom. The van der Waals surface area contributed by atoms with Crippen LogP contribution in [0.1, 0.15) is 29.9 Å². The number of pyridine rings is 1. The monoisotopic (exact) mass is 305 g/mol. The Bertz CT molecular complexity index is 643. The highest BCUT2D eigenvalue weighted by atomic mass is 35.5. The van der Waals surface area contributed by atoms with Crippen molar-refractivity contribution in [1.29, 1.82) is 0 Å². The summed E-state index contributed by atoms with van der Waals surface area (Å²) in [5.41, 5.74) is 0.688. The fraction of sp³-hybridized carbons (Fsp3) is 0.250. The number of nitrogens with zero attached hydrogens (tertiary/aromatic N) is 1. The molecule has 0 amide bonds. The second kappa shape index (κ2) is 7.09. The van der Waals surface area contributed by atoms with Crippen molar-refractivity contribution >= 4 is 17.4 Å². The minimum absolute atomic E-state index is 0.228. The predicted molar refractivity (Wildman–Crippen MR) is 81.5 cm³/mol. The van der Waals surface area contributed by atoms with E-state index in [0.717, 1.165) is 0 Å². The van der Waals surface area contributed by atoms with Crippen LogP contribution in [0.25, 0.3) is 0 Å². The minimum atomic E-state index is -0.246. The Kier molecular flexibility index (Phi) is 5.17. The highest BCUT2D eigenvalue weighted by molar-refractivity contribution is 6.34. The lowest BCUT2D eigenvalue weighted by molar-refractivity contribution is 0.103. The van der Waals surface area contributed by atoms with Gasteiger partial charge >= 0.3 is 0 Å². The molecule has 1 aromatic heterocycles. The van der Waals surface area contributed by atoms with Crippen LogP contribution in [0.2, 0.25) is 5.02 Å². The molecule has 0 aliphatic rings. The molecule has 0 spiro atoms.